The normalized spacial score (nSPS) is 15.0. The van der Waals surface area contributed by atoms with Crippen LogP contribution in [0, 0.1) is 15.5 Å². The second kappa shape index (κ2) is 6.00. The summed E-state index contributed by atoms with van der Waals surface area (Å²) in [5, 5.41) is 22.5. The molecule has 1 amide bonds. The first kappa shape index (κ1) is 15.7. The molecule has 8 heteroatoms. The zero-order valence-electron chi connectivity index (χ0n) is 12.0. The van der Waals surface area contributed by atoms with E-state index in [-0.39, 0.29) is 17.8 Å². The van der Waals surface area contributed by atoms with E-state index < -0.39 is 22.2 Å². The molecule has 0 aromatic heterocycles. The van der Waals surface area contributed by atoms with Gasteiger partial charge in [-0.2, -0.15) is 0 Å². The number of benzene rings is 1. The minimum Gasteiger partial charge on any atom is -0.494 e. The third-order valence-corrected chi connectivity index (χ3v) is 3.61. The highest BCUT2D eigenvalue weighted by molar-refractivity contribution is 5.99. The summed E-state index contributed by atoms with van der Waals surface area (Å²) in [6.45, 7) is 2.07. The van der Waals surface area contributed by atoms with Gasteiger partial charge in [0.1, 0.15) is 11.3 Å². The Morgan fingerprint density at radius 3 is 2.64 bits per heavy atom. The van der Waals surface area contributed by atoms with Crippen LogP contribution < -0.4 is 10.1 Å². The summed E-state index contributed by atoms with van der Waals surface area (Å²) >= 11 is 0. The Balaban J connectivity index is 2.18. The van der Waals surface area contributed by atoms with Crippen LogP contribution in [0.5, 0.6) is 5.75 Å². The van der Waals surface area contributed by atoms with Gasteiger partial charge in [-0.05, 0) is 31.9 Å². The Hall–Kier alpha value is -2.64. The maximum atomic E-state index is 12.2. The first-order valence-corrected chi connectivity index (χ1v) is 6.82. The van der Waals surface area contributed by atoms with Crippen molar-refractivity contribution in [3.63, 3.8) is 0 Å². The Morgan fingerprint density at radius 1 is 1.45 bits per heavy atom. The van der Waals surface area contributed by atoms with Crippen LogP contribution >= 0.6 is 0 Å². The molecule has 1 aromatic carbocycles. The lowest BCUT2D eigenvalue weighted by Gasteiger charge is -2.12. The van der Waals surface area contributed by atoms with E-state index in [0.29, 0.717) is 25.2 Å². The number of aliphatic carboxylic acids is 1. The second-order valence-corrected chi connectivity index (χ2v) is 5.14. The lowest BCUT2D eigenvalue weighted by atomic mass is 10.1. The summed E-state index contributed by atoms with van der Waals surface area (Å²) in [5.41, 5.74) is -1.42. The molecule has 2 N–H and O–H groups in total. The number of carboxylic acid groups (broad SMARTS) is 1. The van der Waals surface area contributed by atoms with Gasteiger partial charge in [0.2, 0.25) is 0 Å². The molecule has 2 rings (SSSR count). The van der Waals surface area contributed by atoms with Crippen LogP contribution in [0.3, 0.4) is 0 Å². The molecule has 22 heavy (non-hydrogen) atoms. The van der Waals surface area contributed by atoms with Crippen molar-refractivity contribution in [3.8, 4) is 5.75 Å². The van der Waals surface area contributed by atoms with E-state index in [1.54, 1.807) is 6.92 Å². The fraction of sp³-hybridized carbons (Fsp3) is 0.429. The molecule has 1 saturated carbocycles. The monoisotopic (exact) mass is 308 g/mol. The van der Waals surface area contributed by atoms with Crippen molar-refractivity contribution in [2.24, 2.45) is 5.41 Å². The Morgan fingerprint density at radius 2 is 2.14 bits per heavy atom. The summed E-state index contributed by atoms with van der Waals surface area (Å²) in [6, 6.07) is 3.90. The average molecular weight is 308 g/mol. The van der Waals surface area contributed by atoms with Gasteiger partial charge in [0, 0.05) is 12.6 Å². The molecule has 0 radical (unpaired) electrons. The van der Waals surface area contributed by atoms with Gasteiger partial charge >= 0.3 is 5.97 Å². The van der Waals surface area contributed by atoms with Gasteiger partial charge in [-0.1, -0.05) is 0 Å². The smallest absolute Gasteiger partial charge is 0.311 e. The van der Waals surface area contributed by atoms with Crippen molar-refractivity contribution in [1.82, 2.24) is 5.32 Å². The highest BCUT2D eigenvalue weighted by Gasteiger charge is 2.50. The van der Waals surface area contributed by atoms with Crippen molar-refractivity contribution < 1.29 is 24.4 Å². The van der Waals surface area contributed by atoms with Gasteiger partial charge in [0.05, 0.1) is 16.9 Å². The number of nitro benzene ring substituents is 1. The average Bonchev–Trinajstić information content (AvgIpc) is 3.26. The van der Waals surface area contributed by atoms with Crippen LogP contribution in [-0.4, -0.2) is 35.1 Å². The van der Waals surface area contributed by atoms with Crippen LogP contribution in [-0.2, 0) is 4.79 Å². The van der Waals surface area contributed by atoms with Crippen LogP contribution in [0.1, 0.15) is 30.1 Å². The molecule has 0 spiro atoms. The first-order chi connectivity index (χ1) is 10.4. The van der Waals surface area contributed by atoms with E-state index >= 15 is 0 Å². The lowest BCUT2D eigenvalue weighted by molar-refractivity contribution is -0.385. The SMILES string of the molecule is CCOc1ccc([N+](=O)[O-])c(C(=O)NCC2(C(=O)O)CC2)c1. The molecule has 0 atom stereocenters. The number of ether oxygens (including phenoxy) is 1. The van der Waals surface area contributed by atoms with Crippen LogP contribution in [0.2, 0.25) is 0 Å². The highest BCUT2D eigenvalue weighted by atomic mass is 16.6. The second-order valence-electron chi connectivity index (χ2n) is 5.14. The zero-order valence-corrected chi connectivity index (χ0v) is 12.0. The number of nitrogens with zero attached hydrogens (tertiary/aromatic N) is 1. The van der Waals surface area contributed by atoms with E-state index in [4.69, 9.17) is 9.84 Å². The lowest BCUT2D eigenvalue weighted by Crippen LogP contribution is -2.34. The third-order valence-electron chi connectivity index (χ3n) is 3.61. The number of carbonyl (C=O) groups is 2. The molecule has 0 aliphatic heterocycles. The standard InChI is InChI=1S/C14H16N2O6/c1-2-22-9-3-4-11(16(20)21)10(7-9)12(17)15-8-14(5-6-14)13(18)19/h3-4,7H,2,5-6,8H2,1H3,(H,15,17)(H,18,19). The van der Waals surface area contributed by atoms with Crippen LogP contribution in [0.25, 0.3) is 0 Å². The van der Waals surface area contributed by atoms with E-state index in [0.717, 1.165) is 0 Å². The summed E-state index contributed by atoms with van der Waals surface area (Å²) in [4.78, 5) is 33.6. The van der Waals surface area contributed by atoms with Crippen molar-refractivity contribution >= 4 is 17.6 Å². The molecule has 0 unspecified atom stereocenters. The molecule has 1 fully saturated rings. The largest absolute Gasteiger partial charge is 0.494 e. The van der Waals surface area contributed by atoms with Crippen molar-refractivity contribution in [2.75, 3.05) is 13.2 Å². The van der Waals surface area contributed by atoms with E-state index in [9.17, 15) is 19.7 Å². The van der Waals surface area contributed by atoms with E-state index in [1.165, 1.54) is 18.2 Å². The topological polar surface area (TPSA) is 119 Å². The number of hydrogen-bond acceptors (Lipinski definition) is 5. The molecule has 0 saturated heterocycles. The molecular weight excluding hydrogens is 292 g/mol. The maximum Gasteiger partial charge on any atom is 0.311 e. The predicted molar refractivity (Wildman–Crippen MR) is 75.9 cm³/mol. The van der Waals surface area contributed by atoms with Gasteiger partial charge in [-0.3, -0.25) is 19.7 Å². The minimum absolute atomic E-state index is 0.0445. The molecular formula is C14H16N2O6. The molecule has 8 nitrogen and oxygen atoms in total. The number of rotatable bonds is 7. The first-order valence-electron chi connectivity index (χ1n) is 6.82. The van der Waals surface area contributed by atoms with E-state index in [2.05, 4.69) is 5.32 Å². The number of hydrogen-bond donors (Lipinski definition) is 2. The minimum atomic E-state index is -0.967. The molecule has 0 bridgehead atoms. The summed E-state index contributed by atoms with van der Waals surface area (Å²) in [5.74, 6) is -1.30. The molecule has 0 heterocycles. The van der Waals surface area contributed by atoms with Crippen molar-refractivity contribution in [1.29, 1.82) is 0 Å². The third kappa shape index (κ3) is 3.16. The fourth-order valence-corrected chi connectivity index (χ4v) is 2.07. The number of carboxylic acids is 1. The Kier molecular flexibility index (Phi) is 4.30. The molecule has 1 aromatic rings. The predicted octanol–water partition coefficient (Wildman–Crippen LogP) is 1.59. The van der Waals surface area contributed by atoms with Crippen LogP contribution in [0.4, 0.5) is 5.69 Å². The Labute approximate surface area is 126 Å². The maximum absolute atomic E-state index is 12.2. The Bertz CT molecular complexity index is 624. The molecule has 118 valence electrons. The number of nitrogens with one attached hydrogen (secondary N) is 1. The van der Waals surface area contributed by atoms with Crippen LogP contribution in [0.15, 0.2) is 18.2 Å². The number of nitro groups is 1. The quantitative estimate of drug-likeness (QED) is 0.583. The van der Waals surface area contributed by atoms with E-state index in [1.807, 2.05) is 0 Å². The summed E-state index contributed by atoms with van der Waals surface area (Å²) < 4.78 is 5.23. The van der Waals surface area contributed by atoms with Crippen molar-refractivity contribution in [2.45, 2.75) is 19.8 Å². The number of carbonyl (C=O) groups excluding carboxylic acids is 1. The fourth-order valence-electron chi connectivity index (χ4n) is 2.07. The zero-order chi connectivity index (χ0) is 16.3. The van der Waals surface area contributed by atoms with Gasteiger partial charge < -0.3 is 15.2 Å². The number of amides is 1. The summed E-state index contributed by atoms with van der Waals surface area (Å²) in [7, 11) is 0. The van der Waals surface area contributed by atoms with Crippen molar-refractivity contribution in [3.05, 3.63) is 33.9 Å². The highest BCUT2D eigenvalue weighted by Crippen LogP contribution is 2.45. The van der Waals surface area contributed by atoms with Gasteiger partial charge in [-0.25, -0.2) is 0 Å². The summed E-state index contributed by atoms with van der Waals surface area (Å²) in [6.07, 6.45) is 0.980. The molecule has 1 aliphatic rings. The van der Waals surface area contributed by atoms with Gasteiger partial charge in [-0.15, -0.1) is 0 Å². The molecule has 1 aliphatic carbocycles. The van der Waals surface area contributed by atoms with Gasteiger partial charge in [0.15, 0.2) is 0 Å². The van der Waals surface area contributed by atoms with Gasteiger partial charge in [0.25, 0.3) is 11.6 Å².